The van der Waals surface area contributed by atoms with Gasteiger partial charge in [-0.25, -0.2) is 0 Å². The summed E-state index contributed by atoms with van der Waals surface area (Å²) < 4.78 is 5.58. The number of rotatable bonds is 2. The zero-order valence-corrected chi connectivity index (χ0v) is 10.1. The lowest BCUT2D eigenvalue weighted by Gasteiger charge is -2.22. The van der Waals surface area contributed by atoms with E-state index in [9.17, 15) is 0 Å². The van der Waals surface area contributed by atoms with E-state index in [1.807, 2.05) is 14.1 Å². The summed E-state index contributed by atoms with van der Waals surface area (Å²) in [5.41, 5.74) is 2.56. The molecule has 2 rings (SSSR count). The van der Waals surface area contributed by atoms with Crippen molar-refractivity contribution in [2.45, 2.75) is 18.2 Å². The van der Waals surface area contributed by atoms with E-state index in [0.717, 1.165) is 25.2 Å². The SMILES string of the molecule is CN(C)C(S)c1ccc2c(c1)CCCO2. The molecule has 0 bridgehead atoms. The molecule has 1 aliphatic heterocycles. The van der Waals surface area contributed by atoms with Crippen molar-refractivity contribution >= 4 is 12.6 Å². The highest BCUT2D eigenvalue weighted by Gasteiger charge is 2.14. The van der Waals surface area contributed by atoms with Crippen LogP contribution in [0.4, 0.5) is 0 Å². The van der Waals surface area contributed by atoms with E-state index in [0.29, 0.717) is 0 Å². The van der Waals surface area contributed by atoms with Gasteiger partial charge >= 0.3 is 0 Å². The van der Waals surface area contributed by atoms with E-state index < -0.39 is 0 Å². The summed E-state index contributed by atoms with van der Waals surface area (Å²) in [6, 6.07) is 6.38. The molecular formula is C12H17NOS. The molecule has 0 spiro atoms. The zero-order chi connectivity index (χ0) is 10.8. The van der Waals surface area contributed by atoms with Gasteiger partial charge in [0.15, 0.2) is 0 Å². The van der Waals surface area contributed by atoms with Gasteiger partial charge in [0, 0.05) is 0 Å². The van der Waals surface area contributed by atoms with Crippen molar-refractivity contribution in [2.75, 3.05) is 20.7 Å². The number of thiol groups is 1. The minimum atomic E-state index is 0.164. The average Bonchev–Trinajstić information content (AvgIpc) is 2.27. The molecule has 3 heteroatoms. The lowest BCUT2D eigenvalue weighted by molar-refractivity contribution is 0.288. The highest BCUT2D eigenvalue weighted by atomic mass is 32.1. The molecule has 82 valence electrons. The lowest BCUT2D eigenvalue weighted by atomic mass is 10.0. The van der Waals surface area contributed by atoms with Crippen molar-refractivity contribution in [3.8, 4) is 5.75 Å². The zero-order valence-electron chi connectivity index (χ0n) is 9.23. The Kier molecular flexibility index (Phi) is 3.22. The van der Waals surface area contributed by atoms with E-state index >= 15 is 0 Å². The Morgan fingerprint density at radius 1 is 1.40 bits per heavy atom. The van der Waals surface area contributed by atoms with Crippen LogP contribution in [0.15, 0.2) is 18.2 Å². The third kappa shape index (κ3) is 2.29. The summed E-state index contributed by atoms with van der Waals surface area (Å²) >= 11 is 4.57. The fraction of sp³-hybridized carbons (Fsp3) is 0.500. The van der Waals surface area contributed by atoms with E-state index in [2.05, 4.69) is 35.7 Å². The standard InChI is InChI=1S/C12H17NOS/c1-13(2)12(15)10-5-6-11-9(8-10)4-3-7-14-11/h5-6,8,12,15H,3-4,7H2,1-2H3. The molecule has 1 atom stereocenters. The van der Waals surface area contributed by atoms with Crippen LogP contribution in [0.3, 0.4) is 0 Å². The Labute approximate surface area is 96.6 Å². The minimum absolute atomic E-state index is 0.164. The van der Waals surface area contributed by atoms with Crippen molar-refractivity contribution in [2.24, 2.45) is 0 Å². The first-order valence-corrected chi connectivity index (χ1v) is 5.80. The molecule has 0 saturated carbocycles. The van der Waals surface area contributed by atoms with Crippen LogP contribution in [0.1, 0.15) is 22.9 Å². The molecule has 15 heavy (non-hydrogen) atoms. The molecule has 1 aromatic rings. The minimum Gasteiger partial charge on any atom is -0.493 e. The summed E-state index contributed by atoms with van der Waals surface area (Å²) in [4.78, 5) is 2.09. The van der Waals surface area contributed by atoms with E-state index in [1.54, 1.807) is 0 Å². The molecule has 1 unspecified atom stereocenters. The highest BCUT2D eigenvalue weighted by Crippen LogP contribution is 2.30. The lowest BCUT2D eigenvalue weighted by Crippen LogP contribution is -2.16. The number of hydrogen-bond donors (Lipinski definition) is 1. The highest BCUT2D eigenvalue weighted by molar-refractivity contribution is 7.80. The largest absolute Gasteiger partial charge is 0.493 e. The van der Waals surface area contributed by atoms with Crippen LogP contribution in [0.25, 0.3) is 0 Å². The first-order chi connectivity index (χ1) is 7.18. The Morgan fingerprint density at radius 2 is 2.20 bits per heavy atom. The van der Waals surface area contributed by atoms with Crippen molar-refractivity contribution in [1.82, 2.24) is 4.90 Å². The van der Waals surface area contributed by atoms with Gasteiger partial charge in [-0.3, -0.25) is 4.90 Å². The Morgan fingerprint density at radius 3 is 2.93 bits per heavy atom. The summed E-state index contributed by atoms with van der Waals surface area (Å²) in [6.45, 7) is 0.852. The van der Waals surface area contributed by atoms with Gasteiger partial charge in [-0.1, -0.05) is 6.07 Å². The van der Waals surface area contributed by atoms with E-state index in [-0.39, 0.29) is 5.37 Å². The predicted octanol–water partition coefficient (Wildman–Crippen LogP) is 2.50. The molecule has 0 aliphatic carbocycles. The molecule has 0 amide bonds. The monoisotopic (exact) mass is 223 g/mol. The van der Waals surface area contributed by atoms with Gasteiger partial charge in [0.05, 0.1) is 12.0 Å². The molecule has 1 aliphatic rings. The maximum Gasteiger partial charge on any atom is 0.122 e. The second kappa shape index (κ2) is 4.45. The van der Waals surface area contributed by atoms with Gasteiger partial charge in [-0.2, -0.15) is 12.6 Å². The molecule has 0 saturated heterocycles. The molecule has 2 nitrogen and oxygen atoms in total. The number of aryl methyl sites for hydroxylation is 1. The number of ether oxygens (including phenoxy) is 1. The van der Waals surface area contributed by atoms with Gasteiger partial charge < -0.3 is 4.74 Å². The predicted molar refractivity (Wildman–Crippen MR) is 65.7 cm³/mol. The molecule has 0 fully saturated rings. The molecule has 1 heterocycles. The Hall–Kier alpha value is -0.670. The van der Waals surface area contributed by atoms with E-state index in [4.69, 9.17) is 4.74 Å². The van der Waals surface area contributed by atoms with Crippen LogP contribution in [0.2, 0.25) is 0 Å². The molecule has 0 radical (unpaired) electrons. The number of benzene rings is 1. The van der Waals surface area contributed by atoms with Gasteiger partial charge in [0.1, 0.15) is 5.75 Å². The molecule has 1 aromatic carbocycles. The molecule has 0 aromatic heterocycles. The van der Waals surface area contributed by atoms with Crippen LogP contribution >= 0.6 is 12.6 Å². The maximum atomic E-state index is 5.58. The van der Waals surface area contributed by atoms with Gasteiger partial charge in [-0.15, -0.1) is 0 Å². The van der Waals surface area contributed by atoms with Crippen molar-refractivity contribution < 1.29 is 4.74 Å². The summed E-state index contributed by atoms with van der Waals surface area (Å²) in [7, 11) is 4.07. The van der Waals surface area contributed by atoms with Crippen molar-refractivity contribution in [1.29, 1.82) is 0 Å². The Balaban J connectivity index is 2.27. The summed E-state index contributed by atoms with van der Waals surface area (Å²) in [5.74, 6) is 1.05. The fourth-order valence-corrected chi connectivity index (χ4v) is 2.00. The van der Waals surface area contributed by atoms with Crippen LogP contribution in [0.5, 0.6) is 5.75 Å². The topological polar surface area (TPSA) is 12.5 Å². The third-order valence-electron chi connectivity index (χ3n) is 2.72. The summed E-state index contributed by atoms with van der Waals surface area (Å²) in [5, 5.41) is 0.164. The summed E-state index contributed by atoms with van der Waals surface area (Å²) in [6.07, 6.45) is 2.24. The van der Waals surface area contributed by atoms with E-state index in [1.165, 1.54) is 11.1 Å². The molecule has 0 N–H and O–H groups in total. The van der Waals surface area contributed by atoms with Crippen molar-refractivity contribution in [3.63, 3.8) is 0 Å². The fourth-order valence-electron chi connectivity index (χ4n) is 1.84. The van der Waals surface area contributed by atoms with Gasteiger partial charge in [-0.05, 0) is 50.2 Å². The first kappa shape index (κ1) is 10.8. The normalized spacial score (nSPS) is 17.1. The second-order valence-corrected chi connectivity index (χ2v) is 4.65. The molecular weight excluding hydrogens is 206 g/mol. The number of fused-ring (bicyclic) bond motifs is 1. The third-order valence-corrected chi connectivity index (χ3v) is 3.48. The average molecular weight is 223 g/mol. The smallest absolute Gasteiger partial charge is 0.122 e. The van der Waals surface area contributed by atoms with Gasteiger partial charge in [0.2, 0.25) is 0 Å². The quantitative estimate of drug-likeness (QED) is 0.611. The van der Waals surface area contributed by atoms with Gasteiger partial charge in [0.25, 0.3) is 0 Å². The Bertz CT molecular complexity index is 351. The second-order valence-electron chi connectivity index (χ2n) is 4.16. The first-order valence-electron chi connectivity index (χ1n) is 5.28. The van der Waals surface area contributed by atoms with Crippen LogP contribution in [0, 0.1) is 0 Å². The van der Waals surface area contributed by atoms with Crippen LogP contribution in [-0.2, 0) is 6.42 Å². The maximum absolute atomic E-state index is 5.58. The van der Waals surface area contributed by atoms with Crippen molar-refractivity contribution in [3.05, 3.63) is 29.3 Å². The number of hydrogen-bond acceptors (Lipinski definition) is 3. The van der Waals surface area contributed by atoms with Crippen LogP contribution < -0.4 is 4.74 Å². The number of nitrogens with zero attached hydrogens (tertiary/aromatic N) is 1. The van der Waals surface area contributed by atoms with Crippen LogP contribution in [-0.4, -0.2) is 25.6 Å².